The van der Waals surface area contributed by atoms with Gasteiger partial charge in [0.25, 0.3) is 5.91 Å². The van der Waals surface area contributed by atoms with E-state index in [4.69, 9.17) is 9.73 Å². The van der Waals surface area contributed by atoms with E-state index in [1.807, 2.05) is 19.9 Å². The van der Waals surface area contributed by atoms with Gasteiger partial charge in [-0.05, 0) is 89.0 Å². The molecule has 1 aromatic carbocycles. The number of alkyl halides is 1. The number of ether oxygens (including phenoxy) is 1. The molecule has 37 heavy (non-hydrogen) atoms. The molecular formula is C28H37FN4O4. The number of benzene rings is 1. The Labute approximate surface area is 217 Å². The van der Waals surface area contributed by atoms with Crippen LogP contribution in [-0.2, 0) is 21.5 Å². The zero-order valence-electron chi connectivity index (χ0n) is 22.7. The van der Waals surface area contributed by atoms with Crippen LogP contribution in [-0.4, -0.2) is 51.9 Å². The summed E-state index contributed by atoms with van der Waals surface area (Å²) in [6.07, 6.45) is 0.226. The summed E-state index contributed by atoms with van der Waals surface area (Å²) in [5.74, 6) is -0.718. The number of nitrogens with one attached hydrogen (secondary N) is 1. The van der Waals surface area contributed by atoms with E-state index in [-0.39, 0.29) is 24.3 Å². The summed E-state index contributed by atoms with van der Waals surface area (Å²) < 4.78 is 20.4. The number of nitrogens with zero attached hydrogens (tertiary/aromatic N) is 3. The second kappa shape index (κ2) is 8.80. The molecule has 9 heteroatoms. The van der Waals surface area contributed by atoms with Gasteiger partial charge in [-0.3, -0.25) is 15.0 Å². The fourth-order valence-corrected chi connectivity index (χ4v) is 6.57. The molecule has 2 aliphatic carbocycles. The number of nitriles is 1. The monoisotopic (exact) mass is 512 g/mol. The molecule has 200 valence electrons. The third-order valence-electron chi connectivity index (χ3n) is 7.75. The van der Waals surface area contributed by atoms with Gasteiger partial charge >= 0.3 is 6.09 Å². The van der Waals surface area contributed by atoms with E-state index in [1.54, 1.807) is 32.9 Å². The van der Waals surface area contributed by atoms with Gasteiger partial charge in [0.05, 0.1) is 24.3 Å². The fraction of sp³-hybridized carbons (Fsp3) is 0.643. The normalized spacial score (nSPS) is 31.4. The molecule has 2 amide bonds. The molecule has 5 atom stereocenters. The third-order valence-corrected chi connectivity index (χ3v) is 7.75. The van der Waals surface area contributed by atoms with Crippen molar-refractivity contribution in [2.75, 3.05) is 6.54 Å². The number of aliphatic hydroxyl groups excluding tert-OH is 1. The lowest BCUT2D eigenvalue weighted by Crippen LogP contribution is -2.56. The lowest BCUT2D eigenvalue weighted by molar-refractivity contribution is -0.142. The second-order valence-corrected chi connectivity index (χ2v) is 12.7. The Morgan fingerprint density at radius 3 is 2.43 bits per heavy atom. The Balaban J connectivity index is 1.92. The smallest absolute Gasteiger partial charge is 0.414 e. The number of carbonyl (C=O) groups excluding carboxylic acids is 2. The molecule has 0 aromatic heterocycles. The Hall–Kier alpha value is -2.99. The van der Waals surface area contributed by atoms with Gasteiger partial charge in [-0.15, -0.1) is 0 Å². The highest BCUT2D eigenvalue weighted by molar-refractivity contribution is 6.12. The maximum absolute atomic E-state index is 15.0. The highest BCUT2D eigenvalue weighted by atomic mass is 19.1. The molecule has 0 unspecified atom stereocenters. The van der Waals surface area contributed by atoms with Crippen molar-refractivity contribution in [2.45, 2.75) is 90.6 Å². The standard InChI is InChI=1S/C28H37FN4O4/c1-16-11-27(12-17(2)21(16)34)13-19-9-8-18(14-30)10-20(19)28(27)22(35)33(15-26(6,7)29)23(32-28)31-24(36)37-25(3,4)5/h8-10,16-17,21,34H,11-13,15H2,1-7H3,(H,31,32,36)/t16-,17+,21+,27+,28-/m1/s1. The van der Waals surface area contributed by atoms with E-state index >= 15 is 4.39 Å². The number of alkyl carbamates (subject to hydrolysis) is 1. The van der Waals surface area contributed by atoms with Gasteiger partial charge in [-0.2, -0.15) is 5.26 Å². The van der Waals surface area contributed by atoms with Gasteiger partial charge in [0.15, 0.2) is 5.54 Å². The average molecular weight is 513 g/mol. The molecule has 1 aromatic rings. The van der Waals surface area contributed by atoms with E-state index in [9.17, 15) is 20.0 Å². The molecule has 1 heterocycles. The third kappa shape index (κ3) is 4.61. The van der Waals surface area contributed by atoms with E-state index in [1.165, 1.54) is 18.7 Å². The molecule has 1 saturated carbocycles. The van der Waals surface area contributed by atoms with Crippen molar-refractivity contribution in [1.29, 1.82) is 5.26 Å². The maximum Gasteiger partial charge on any atom is 0.414 e. The lowest BCUT2D eigenvalue weighted by Gasteiger charge is -2.49. The summed E-state index contributed by atoms with van der Waals surface area (Å²) in [7, 11) is 0. The summed E-state index contributed by atoms with van der Waals surface area (Å²) in [5.41, 5.74) is -2.85. The Kier molecular flexibility index (Phi) is 6.43. The maximum atomic E-state index is 15.0. The van der Waals surface area contributed by atoms with E-state index in [2.05, 4.69) is 11.4 Å². The van der Waals surface area contributed by atoms with Gasteiger partial charge in [-0.25, -0.2) is 14.2 Å². The fourth-order valence-electron chi connectivity index (χ4n) is 6.57. The van der Waals surface area contributed by atoms with Crippen molar-refractivity contribution >= 4 is 18.0 Å². The first kappa shape index (κ1) is 27.1. The van der Waals surface area contributed by atoms with Crippen LogP contribution < -0.4 is 5.32 Å². The number of hydrogen-bond donors (Lipinski definition) is 2. The zero-order chi connectivity index (χ0) is 27.6. The van der Waals surface area contributed by atoms with Crippen molar-refractivity contribution < 1.29 is 23.8 Å². The first-order chi connectivity index (χ1) is 17.0. The summed E-state index contributed by atoms with van der Waals surface area (Å²) in [6, 6.07) is 7.43. The minimum absolute atomic E-state index is 0.0639. The van der Waals surface area contributed by atoms with Crippen LogP contribution in [0.3, 0.4) is 0 Å². The first-order valence-corrected chi connectivity index (χ1v) is 12.8. The van der Waals surface area contributed by atoms with E-state index in [0.29, 0.717) is 30.4 Å². The van der Waals surface area contributed by atoms with Crippen LogP contribution >= 0.6 is 0 Å². The number of guanidine groups is 1. The van der Waals surface area contributed by atoms with Crippen LogP contribution in [0.25, 0.3) is 0 Å². The summed E-state index contributed by atoms with van der Waals surface area (Å²) in [4.78, 5) is 33.5. The molecule has 0 bridgehead atoms. The summed E-state index contributed by atoms with van der Waals surface area (Å²) in [6.45, 7) is 11.5. The van der Waals surface area contributed by atoms with Crippen molar-refractivity contribution in [3.63, 3.8) is 0 Å². The molecule has 1 fully saturated rings. The van der Waals surface area contributed by atoms with Crippen LogP contribution in [0.15, 0.2) is 23.2 Å². The predicted octanol–water partition coefficient (Wildman–Crippen LogP) is 4.19. The van der Waals surface area contributed by atoms with Crippen LogP contribution in [0.2, 0.25) is 0 Å². The molecular weight excluding hydrogens is 475 g/mol. The first-order valence-electron chi connectivity index (χ1n) is 12.8. The topological polar surface area (TPSA) is 115 Å². The van der Waals surface area contributed by atoms with Gasteiger partial charge in [0.2, 0.25) is 5.96 Å². The van der Waals surface area contributed by atoms with E-state index in [0.717, 1.165) is 5.56 Å². The Morgan fingerprint density at radius 1 is 1.27 bits per heavy atom. The minimum atomic E-state index is -1.77. The highest BCUT2D eigenvalue weighted by Crippen LogP contribution is 2.63. The molecule has 0 radical (unpaired) electrons. The minimum Gasteiger partial charge on any atom is -0.444 e. The molecule has 4 rings (SSSR count). The average Bonchev–Trinajstić information content (AvgIpc) is 3.16. The zero-order valence-corrected chi connectivity index (χ0v) is 22.7. The number of amides is 2. The Morgan fingerprint density at radius 2 is 1.89 bits per heavy atom. The molecule has 3 aliphatic rings. The predicted molar refractivity (Wildman–Crippen MR) is 136 cm³/mol. The molecule has 8 nitrogen and oxygen atoms in total. The van der Waals surface area contributed by atoms with Gasteiger partial charge in [0, 0.05) is 5.41 Å². The number of aliphatic imine (C=N–C) groups is 1. The van der Waals surface area contributed by atoms with Crippen LogP contribution in [0.5, 0.6) is 0 Å². The molecule has 2 spiro atoms. The second-order valence-electron chi connectivity index (χ2n) is 12.7. The Bertz CT molecular complexity index is 1180. The number of rotatable bonds is 2. The number of halogens is 1. The van der Waals surface area contributed by atoms with Crippen LogP contribution in [0.1, 0.15) is 78.0 Å². The molecule has 2 N–H and O–H groups in total. The summed E-state index contributed by atoms with van der Waals surface area (Å²) in [5, 5.41) is 23.0. The van der Waals surface area contributed by atoms with E-state index < -0.39 is 40.3 Å². The van der Waals surface area contributed by atoms with Gasteiger partial charge < -0.3 is 9.84 Å². The number of fused-ring (bicyclic) bond motifs is 3. The number of aliphatic hydroxyl groups is 1. The lowest BCUT2D eigenvalue weighted by atomic mass is 9.56. The number of carbonyl (C=O) groups is 2. The van der Waals surface area contributed by atoms with Crippen LogP contribution in [0.4, 0.5) is 9.18 Å². The van der Waals surface area contributed by atoms with Crippen molar-refractivity contribution in [2.24, 2.45) is 22.2 Å². The van der Waals surface area contributed by atoms with Crippen molar-refractivity contribution in [3.8, 4) is 6.07 Å². The molecule has 0 saturated heterocycles. The SMILES string of the molecule is C[C@@H]1C[C@@]2(Cc3ccc(C#N)cc3[C@]23N=C(NC(=O)OC(C)(C)C)N(CC(C)(C)F)C3=O)C[C@H](C)[C@H]1O. The van der Waals surface area contributed by atoms with Gasteiger partial charge in [-0.1, -0.05) is 19.9 Å². The van der Waals surface area contributed by atoms with Gasteiger partial charge in [0.1, 0.15) is 11.3 Å². The number of hydrogen-bond acceptors (Lipinski definition) is 6. The van der Waals surface area contributed by atoms with Crippen molar-refractivity contribution in [3.05, 3.63) is 34.9 Å². The quantitative estimate of drug-likeness (QED) is 0.617. The molecule has 1 aliphatic heterocycles. The summed E-state index contributed by atoms with van der Waals surface area (Å²) >= 11 is 0. The largest absolute Gasteiger partial charge is 0.444 e. The van der Waals surface area contributed by atoms with Crippen molar-refractivity contribution in [1.82, 2.24) is 10.2 Å². The highest BCUT2D eigenvalue weighted by Gasteiger charge is 2.68. The van der Waals surface area contributed by atoms with Crippen LogP contribution in [0, 0.1) is 28.6 Å².